The molecule has 0 saturated carbocycles. The fourth-order valence-electron chi connectivity index (χ4n) is 3.39. The fraction of sp³-hybridized carbons (Fsp3) is 0.333. The molecule has 2 heterocycles. The van der Waals surface area contributed by atoms with E-state index in [2.05, 4.69) is 10.4 Å². The minimum Gasteiger partial charge on any atom is -0.466 e. The highest BCUT2D eigenvalue weighted by molar-refractivity contribution is 6.31. The molecule has 5 nitrogen and oxygen atoms in total. The summed E-state index contributed by atoms with van der Waals surface area (Å²) in [6.07, 6.45) is 0. The number of carbonyl (C=O) groups is 1. The first-order valence-electron chi connectivity index (χ1n) is 8.93. The molecular weight excluding hydrogens is 362 g/mol. The van der Waals surface area contributed by atoms with Crippen LogP contribution in [0.5, 0.6) is 0 Å². The largest absolute Gasteiger partial charge is 0.466 e. The normalized spacial score (nSPS) is 12.2. The van der Waals surface area contributed by atoms with Crippen molar-refractivity contribution in [1.82, 2.24) is 15.1 Å². The van der Waals surface area contributed by atoms with E-state index in [9.17, 15) is 4.79 Å². The lowest BCUT2D eigenvalue weighted by molar-refractivity contribution is 0.0938. The molecule has 1 N–H and O–H groups in total. The summed E-state index contributed by atoms with van der Waals surface area (Å²) in [5.41, 5.74) is 4.07. The second-order valence-electron chi connectivity index (χ2n) is 6.86. The summed E-state index contributed by atoms with van der Waals surface area (Å²) in [6, 6.07) is 9.46. The van der Waals surface area contributed by atoms with Gasteiger partial charge in [0.2, 0.25) is 0 Å². The molecule has 0 aliphatic rings. The Morgan fingerprint density at radius 1 is 1.26 bits per heavy atom. The monoisotopic (exact) mass is 385 g/mol. The molecule has 1 amide bonds. The lowest BCUT2D eigenvalue weighted by atomic mass is 10.1. The zero-order valence-corrected chi connectivity index (χ0v) is 17.0. The number of halogens is 1. The lowest BCUT2D eigenvalue weighted by Crippen LogP contribution is -2.27. The summed E-state index contributed by atoms with van der Waals surface area (Å²) in [5.74, 6) is 1.52. The molecule has 2 aromatic heterocycles. The maximum Gasteiger partial charge on any atom is 0.255 e. The number of aromatic nitrogens is 2. The predicted molar refractivity (Wildman–Crippen MR) is 106 cm³/mol. The van der Waals surface area contributed by atoms with Gasteiger partial charge in [-0.1, -0.05) is 29.8 Å². The van der Waals surface area contributed by atoms with E-state index in [1.807, 2.05) is 69.6 Å². The predicted octanol–water partition coefficient (Wildman–Crippen LogP) is 4.90. The van der Waals surface area contributed by atoms with Crippen LogP contribution in [0.15, 0.2) is 34.7 Å². The van der Waals surface area contributed by atoms with E-state index in [-0.39, 0.29) is 11.9 Å². The number of nitrogens with zero attached hydrogens (tertiary/aromatic N) is 2. The van der Waals surface area contributed by atoms with Crippen molar-refractivity contribution in [3.05, 3.63) is 75.0 Å². The molecule has 1 atom stereocenters. The Balaban J connectivity index is 1.82. The summed E-state index contributed by atoms with van der Waals surface area (Å²) in [4.78, 5) is 12.9. The number of hydrogen-bond acceptors (Lipinski definition) is 3. The number of carbonyl (C=O) groups excluding carboxylic acids is 1. The number of furan rings is 1. The number of benzene rings is 1. The summed E-state index contributed by atoms with van der Waals surface area (Å²) in [6.45, 7) is 10.0. The number of nitrogens with one attached hydrogen (secondary N) is 1. The third-order valence-electron chi connectivity index (χ3n) is 4.78. The van der Waals surface area contributed by atoms with Crippen LogP contribution in [0, 0.1) is 27.7 Å². The van der Waals surface area contributed by atoms with Crippen LogP contribution >= 0.6 is 11.6 Å². The number of aryl methyl sites for hydroxylation is 3. The van der Waals surface area contributed by atoms with Gasteiger partial charge in [0, 0.05) is 16.3 Å². The quantitative estimate of drug-likeness (QED) is 0.679. The van der Waals surface area contributed by atoms with Crippen molar-refractivity contribution in [3.63, 3.8) is 0 Å². The van der Waals surface area contributed by atoms with Gasteiger partial charge in [-0.15, -0.1) is 0 Å². The Morgan fingerprint density at radius 2 is 1.96 bits per heavy atom. The Hall–Kier alpha value is -2.53. The van der Waals surface area contributed by atoms with Crippen molar-refractivity contribution in [3.8, 4) is 0 Å². The van der Waals surface area contributed by atoms with Crippen LogP contribution in [0.4, 0.5) is 0 Å². The molecule has 0 bridgehead atoms. The SMILES string of the molecule is Cc1cc(C(C)NC(=O)c2c(C)nn(Cc3ccccc3Cl)c2C)c(C)o1. The molecule has 142 valence electrons. The van der Waals surface area contributed by atoms with Crippen LogP contribution in [0.1, 0.15) is 57.4 Å². The topological polar surface area (TPSA) is 60.1 Å². The van der Waals surface area contributed by atoms with Gasteiger partial charge >= 0.3 is 0 Å². The van der Waals surface area contributed by atoms with Crippen molar-refractivity contribution >= 4 is 17.5 Å². The molecule has 1 aromatic carbocycles. The Bertz CT molecular complexity index is 987. The average molecular weight is 386 g/mol. The Morgan fingerprint density at radius 3 is 2.59 bits per heavy atom. The molecule has 0 aliphatic carbocycles. The van der Waals surface area contributed by atoms with E-state index in [4.69, 9.17) is 16.0 Å². The summed E-state index contributed by atoms with van der Waals surface area (Å²) in [7, 11) is 0. The maximum atomic E-state index is 12.9. The average Bonchev–Trinajstić information content (AvgIpc) is 3.08. The van der Waals surface area contributed by atoms with Crippen molar-refractivity contribution in [2.45, 2.75) is 47.2 Å². The molecule has 0 spiro atoms. The Kier molecular flexibility index (Phi) is 5.42. The van der Waals surface area contributed by atoms with Crippen molar-refractivity contribution in [2.24, 2.45) is 0 Å². The molecule has 3 aromatic rings. The first-order valence-corrected chi connectivity index (χ1v) is 9.31. The van der Waals surface area contributed by atoms with E-state index >= 15 is 0 Å². The molecule has 27 heavy (non-hydrogen) atoms. The number of amides is 1. The van der Waals surface area contributed by atoms with Gasteiger partial charge in [-0.05, 0) is 52.3 Å². The van der Waals surface area contributed by atoms with Gasteiger partial charge in [-0.3, -0.25) is 9.48 Å². The standard InChI is InChI=1S/C21H24ClN3O2/c1-12-10-18(16(5)27-12)13(2)23-21(26)20-14(3)24-25(15(20)4)11-17-8-6-7-9-19(17)22/h6-10,13H,11H2,1-5H3,(H,23,26). The minimum absolute atomic E-state index is 0.138. The van der Waals surface area contributed by atoms with Crippen LogP contribution in [0.25, 0.3) is 0 Å². The third kappa shape index (κ3) is 3.93. The molecule has 3 rings (SSSR count). The van der Waals surface area contributed by atoms with Crippen LogP contribution in [0.3, 0.4) is 0 Å². The van der Waals surface area contributed by atoms with Crippen LogP contribution in [-0.2, 0) is 6.54 Å². The van der Waals surface area contributed by atoms with E-state index in [1.54, 1.807) is 0 Å². The Labute approximate surface area is 164 Å². The van der Waals surface area contributed by atoms with Gasteiger partial charge in [0.25, 0.3) is 5.91 Å². The highest BCUT2D eigenvalue weighted by Gasteiger charge is 2.22. The zero-order valence-electron chi connectivity index (χ0n) is 16.3. The summed E-state index contributed by atoms with van der Waals surface area (Å²) >= 11 is 6.26. The molecule has 0 radical (unpaired) electrons. The zero-order chi connectivity index (χ0) is 19.7. The highest BCUT2D eigenvalue weighted by atomic mass is 35.5. The molecule has 0 aliphatic heterocycles. The fourth-order valence-corrected chi connectivity index (χ4v) is 3.59. The van der Waals surface area contributed by atoms with Crippen LogP contribution < -0.4 is 5.32 Å². The van der Waals surface area contributed by atoms with Crippen molar-refractivity contribution in [1.29, 1.82) is 0 Å². The number of hydrogen-bond donors (Lipinski definition) is 1. The number of rotatable bonds is 5. The second kappa shape index (κ2) is 7.61. The van der Waals surface area contributed by atoms with E-state index in [1.165, 1.54) is 0 Å². The smallest absolute Gasteiger partial charge is 0.255 e. The van der Waals surface area contributed by atoms with Crippen LogP contribution in [-0.4, -0.2) is 15.7 Å². The van der Waals surface area contributed by atoms with Gasteiger partial charge in [0.05, 0.1) is 23.8 Å². The van der Waals surface area contributed by atoms with Crippen LogP contribution in [0.2, 0.25) is 5.02 Å². The summed E-state index contributed by atoms with van der Waals surface area (Å²) in [5, 5.41) is 8.30. The van der Waals surface area contributed by atoms with E-state index in [0.29, 0.717) is 22.8 Å². The molecule has 0 fully saturated rings. The summed E-state index contributed by atoms with van der Waals surface area (Å²) < 4.78 is 7.39. The lowest BCUT2D eigenvalue weighted by Gasteiger charge is -2.13. The molecular formula is C21H24ClN3O2. The molecule has 1 unspecified atom stereocenters. The highest BCUT2D eigenvalue weighted by Crippen LogP contribution is 2.23. The van der Waals surface area contributed by atoms with Gasteiger partial charge in [0.15, 0.2) is 0 Å². The van der Waals surface area contributed by atoms with Gasteiger partial charge in [-0.25, -0.2) is 0 Å². The molecule has 6 heteroatoms. The maximum absolute atomic E-state index is 12.9. The van der Waals surface area contributed by atoms with Gasteiger partial charge in [-0.2, -0.15) is 5.10 Å². The third-order valence-corrected chi connectivity index (χ3v) is 5.15. The van der Waals surface area contributed by atoms with E-state index in [0.717, 1.165) is 28.3 Å². The van der Waals surface area contributed by atoms with Crippen molar-refractivity contribution < 1.29 is 9.21 Å². The second-order valence-corrected chi connectivity index (χ2v) is 7.27. The van der Waals surface area contributed by atoms with Crippen molar-refractivity contribution in [2.75, 3.05) is 0 Å². The van der Waals surface area contributed by atoms with E-state index < -0.39 is 0 Å². The molecule has 0 saturated heterocycles. The first-order chi connectivity index (χ1) is 12.8. The first kappa shape index (κ1) is 19.2. The minimum atomic E-state index is -0.152. The van der Waals surface area contributed by atoms with Gasteiger partial charge in [0.1, 0.15) is 11.5 Å². The van der Waals surface area contributed by atoms with Gasteiger partial charge < -0.3 is 9.73 Å².